The molecule has 0 saturated heterocycles. The Bertz CT molecular complexity index is 521. The maximum absolute atomic E-state index is 12.0. The maximum atomic E-state index is 12.0. The van der Waals surface area contributed by atoms with Crippen molar-refractivity contribution >= 4 is 5.91 Å². The standard InChI is InChI=1S/C17H24N2O2/c1-11(2)6-7-19-17(20)14(5)21-16-12(3)8-15(10-18)9-13(16)4/h8-9,11,14H,6-7H2,1-5H3,(H,19,20). The summed E-state index contributed by atoms with van der Waals surface area (Å²) in [5.74, 6) is 1.13. The van der Waals surface area contributed by atoms with E-state index in [9.17, 15) is 4.79 Å². The number of hydrogen-bond donors (Lipinski definition) is 1. The third kappa shape index (κ3) is 5.11. The Morgan fingerprint density at radius 3 is 2.33 bits per heavy atom. The molecule has 114 valence electrons. The van der Waals surface area contributed by atoms with Gasteiger partial charge in [-0.05, 0) is 56.4 Å². The average Bonchev–Trinajstić information content (AvgIpc) is 2.41. The quantitative estimate of drug-likeness (QED) is 0.875. The van der Waals surface area contributed by atoms with E-state index in [1.807, 2.05) is 13.8 Å². The number of hydrogen-bond acceptors (Lipinski definition) is 3. The molecule has 1 unspecified atom stereocenters. The van der Waals surface area contributed by atoms with Crippen molar-refractivity contribution in [2.24, 2.45) is 5.92 Å². The van der Waals surface area contributed by atoms with Crippen LogP contribution in [-0.4, -0.2) is 18.6 Å². The van der Waals surface area contributed by atoms with Crippen molar-refractivity contribution in [3.05, 3.63) is 28.8 Å². The van der Waals surface area contributed by atoms with Gasteiger partial charge in [0.2, 0.25) is 0 Å². The summed E-state index contributed by atoms with van der Waals surface area (Å²) in [6.45, 7) is 10.4. The zero-order valence-corrected chi connectivity index (χ0v) is 13.5. The lowest BCUT2D eigenvalue weighted by atomic mass is 10.1. The van der Waals surface area contributed by atoms with E-state index >= 15 is 0 Å². The molecule has 0 radical (unpaired) electrons. The SMILES string of the molecule is Cc1cc(C#N)cc(C)c1OC(C)C(=O)NCCC(C)C. The van der Waals surface area contributed by atoms with Crippen LogP contribution < -0.4 is 10.1 Å². The molecule has 4 nitrogen and oxygen atoms in total. The van der Waals surface area contributed by atoms with E-state index < -0.39 is 6.10 Å². The predicted molar refractivity (Wildman–Crippen MR) is 83.2 cm³/mol. The van der Waals surface area contributed by atoms with E-state index in [4.69, 9.17) is 10.00 Å². The van der Waals surface area contributed by atoms with Crippen molar-refractivity contribution in [1.29, 1.82) is 5.26 Å². The van der Waals surface area contributed by atoms with Crippen molar-refractivity contribution in [2.75, 3.05) is 6.54 Å². The molecule has 0 aromatic heterocycles. The number of nitrogens with zero attached hydrogens (tertiary/aromatic N) is 1. The predicted octanol–water partition coefficient (Wildman–Crippen LogP) is 3.10. The number of aryl methyl sites for hydroxylation is 2. The Morgan fingerprint density at radius 2 is 1.86 bits per heavy atom. The molecule has 21 heavy (non-hydrogen) atoms. The van der Waals surface area contributed by atoms with Gasteiger partial charge in [-0.25, -0.2) is 0 Å². The number of benzene rings is 1. The highest BCUT2D eigenvalue weighted by molar-refractivity contribution is 5.80. The van der Waals surface area contributed by atoms with Gasteiger partial charge >= 0.3 is 0 Å². The lowest BCUT2D eigenvalue weighted by molar-refractivity contribution is -0.127. The smallest absolute Gasteiger partial charge is 0.260 e. The first-order chi connectivity index (χ1) is 9.85. The van der Waals surface area contributed by atoms with Crippen molar-refractivity contribution in [1.82, 2.24) is 5.32 Å². The van der Waals surface area contributed by atoms with Crippen LogP contribution in [0.25, 0.3) is 0 Å². The van der Waals surface area contributed by atoms with Gasteiger partial charge in [-0.2, -0.15) is 5.26 Å². The molecule has 1 atom stereocenters. The third-order valence-corrected chi connectivity index (χ3v) is 3.27. The van der Waals surface area contributed by atoms with E-state index in [1.165, 1.54) is 0 Å². The van der Waals surface area contributed by atoms with Gasteiger partial charge in [-0.15, -0.1) is 0 Å². The first-order valence-electron chi connectivity index (χ1n) is 7.30. The summed E-state index contributed by atoms with van der Waals surface area (Å²) < 4.78 is 5.77. The molecule has 1 rings (SSSR count). The fraction of sp³-hybridized carbons (Fsp3) is 0.529. The monoisotopic (exact) mass is 288 g/mol. The first kappa shape index (κ1) is 17.0. The first-order valence-corrected chi connectivity index (χ1v) is 7.30. The summed E-state index contributed by atoms with van der Waals surface area (Å²) >= 11 is 0. The van der Waals surface area contributed by atoms with Crippen LogP contribution in [0.1, 0.15) is 43.9 Å². The number of nitriles is 1. The topological polar surface area (TPSA) is 62.1 Å². The lowest BCUT2D eigenvalue weighted by Crippen LogP contribution is -2.37. The Kier molecular flexibility index (Phi) is 6.23. The zero-order valence-electron chi connectivity index (χ0n) is 13.5. The normalized spacial score (nSPS) is 11.9. The third-order valence-electron chi connectivity index (χ3n) is 3.27. The van der Waals surface area contributed by atoms with Crippen molar-refractivity contribution in [2.45, 2.75) is 47.1 Å². The summed E-state index contributed by atoms with van der Waals surface area (Å²) in [4.78, 5) is 12.0. The Morgan fingerprint density at radius 1 is 1.29 bits per heavy atom. The highest BCUT2D eigenvalue weighted by atomic mass is 16.5. The van der Waals surface area contributed by atoms with Gasteiger partial charge in [-0.3, -0.25) is 4.79 Å². The summed E-state index contributed by atoms with van der Waals surface area (Å²) in [6.07, 6.45) is 0.399. The minimum atomic E-state index is -0.553. The van der Waals surface area contributed by atoms with Crippen LogP contribution in [0.4, 0.5) is 0 Å². The second-order valence-corrected chi connectivity index (χ2v) is 5.78. The van der Waals surface area contributed by atoms with Gasteiger partial charge in [0.1, 0.15) is 5.75 Å². The Balaban J connectivity index is 2.69. The molecule has 0 aliphatic heterocycles. The highest BCUT2D eigenvalue weighted by Gasteiger charge is 2.17. The van der Waals surface area contributed by atoms with Gasteiger partial charge in [0, 0.05) is 6.54 Å². The molecule has 0 saturated carbocycles. The number of amides is 1. The number of carbonyl (C=O) groups is 1. The van der Waals surface area contributed by atoms with Crippen molar-refractivity contribution in [3.63, 3.8) is 0 Å². The van der Waals surface area contributed by atoms with Crippen LogP contribution in [0.2, 0.25) is 0 Å². The second-order valence-electron chi connectivity index (χ2n) is 5.78. The summed E-state index contributed by atoms with van der Waals surface area (Å²) in [6, 6.07) is 5.65. The summed E-state index contributed by atoms with van der Waals surface area (Å²) in [5.41, 5.74) is 2.34. The fourth-order valence-corrected chi connectivity index (χ4v) is 2.06. The van der Waals surface area contributed by atoms with Crippen molar-refractivity contribution < 1.29 is 9.53 Å². The van der Waals surface area contributed by atoms with Crippen LogP contribution in [0, 0.1) is 31.1 Å². The molecule has 0 aliphatic carbocycles. The van der Waals surface area contributed by atoms with E-state index in [2.05, 4.69) is 25.2 Å². The van der Waals surface area contributed by atoms with Gasteiger partial charge in [0.25, 0.3) is 5.91 Å². The van der Waals surface area contributed by atoms with Crippen molar-refractivity contribution in [3.8, 4) is 11.8 Å². The van der Waals surface area contributed by atoms with Gasteiger partial charge in [0.05, 0.1) is 11.6 Å². The van der Waals surface area contributed by atoms with E-state index in [1.54, 1.807) is 19.1 Å². The van der Waals surface area contributed by atoms with Gasteiger partial charge < -0.3 is 10.1 Å². The Hall–Kier alpha value is -2.02. The largest absolute Gasteiger partial charge is 0.480 e. The number of carbonyl (C=O) groups excluding carboxylic acids is 1. The van der Waals surface area contributed by atoms with E-state index in [0.29, 0.717) is 23.8 Å². The minimum absolute atomic E-state index is 0.112. The number of rotatable bonds is 6. The minimum Gasteiger partial charge on any atom is -0.480 e. The molecule has 1 aromatic rings. The van der Waals surface area contributed by atoms with Gasteiger partial charge in [0.15, 0.2) is 6.10 Å². The molecule has 0 fully saturated rings. The molecule has 1 aromatic carbocycles. The molecular weight excluding hydrogens is 264 g/mol. The molecule has 4 heteroatoms. The van der Waals surface area contributed by atoms with Gasteiger partial charge in [-0.1, -0.05) is 13.8 Å². The molecule has 1 amide bonds. The zero-order chi connectivity index (χ0) is 16.0. The summed E-state index contributed by atoms with van der Waals surface area (Å²) in [5, 5.41) is 11.8. The van der Waals surface area contributed by atoms with Crippen LogP contribution in [0.15, 0.2) is 12.1 Å². The molecule has 0 spiro atoms. The van der Waals surface area contributed by atoms with Crippen LogP contribution >= 0.6 is 0 Å². The Labute approximate surface area is 127 Å². The molecule has 1 N–H and O–H groups in total. The molecule has 0 bridgehead atoms. The molecule has 0 heterocycles. The van der Waals surface area contributed by atoms with Crippen LogP contribution in [0.5, 0.6) is 5.75 Å². The number of nitrogens with one attached hydrogen (secondary N) is 1. The molecular formula is C17H24N2O2. The van der Waals surface area contributed by atoms with E-state index in [-0.39, 0.29) is 5.91 Å². The lowest BCUT2D eigenvalue weighted by Gasteiger charge is -2.18. The summed E-state index contributed by atoms with van der Waals surface area (Å²) in [7, 11) is 0. The molecule has 0 aliphatic rings. The highest BCUT2D eigenvalue weighted by Crippen LogP contribution is 2.25. The number of ether oxygens (including phenoxy) is 1. The van der Waals surface area contributed by atoms with Crippen LogP contribution in [-0.2, 0) is 4.79 Å². The average molecular weight is 288 g/mol. The maximum Gasteiger partial charge on any atom is 0.260 e. The van der Waals surface area contributed by atoms with E-state index in [0.717, 1.165) is 17.5 Å². The fourth-order valence-electron chi connectivity index (χ4n) is 2.06. The second kappa shape index (κ2) is 7.68. The van der Waals surface area contributed by atoms with Crippen LogP contribution in [0.3, 0.4) is 0 Å².